The first-order chi connectivity index (χ1) is 10.1. The van der Waals surface area contributed by atoms with E-state index in [1.165, 1.54) is 10.5 Å². The standard InChI is InChI=1S/C17H21N3O/c1-4-15(13-8-6-5-7-9-13)19-14-10-11-18-16(12-14)17(21)20(2)3/h5-12,15H,4H2,1-3H3,(H,18,19). The van der Waals surface area contributed by atoms with E-state index < -0.39 is 0 Å². The van der Waals surface area contributed by atoms with Crippen LogP contribution in [0.25, 0.3) is 0 Å². The number of carbonyl (C=O) groups excluding carboxylic acids is 1. The van der Waals surface area contributed by atoms with Gasteiger partial charge in [0, 0.05) is 26.0 Å². The molecule has 1 aromatic heterocycles. The van der Waals surface area contributed by atoms with Crippen molar-refractivity contribution >= 4 is 11.6 Å². The molecule has 1 unspecified atom stereocenters. The quantitative estimate of drug-likeness (QED) is 0.915. The van der Waals surface area contributed by atoms with Crippen LogP contribution in [0.5, 0.6) is 0 Å². The fraction of sp³-hybridized carbons (Fsp3) is 0.294. The fourth-order valence-electron chi connectivity index (χ4n) is 2.17. The zero-order chi connectivity index (χ0) is 15.2. The third-order valence-corrected chi connectivity index (χ3v) is 3.34. The van der Waals surface area contributed by atoms with Gasteiger partial charge in [0.05, 0.1) is 6.04 Å². The summed E-state index contributed by atoms with van der Waals surface area (Å²) in [5.74, 6) is -0.0913. The van der Waals surface area contributed by atoms with Crippen molar-refractivity contribution in [1.29, 1.82) is 0 Å². The van der Waals surface area contributed by atoms with E-state index in [4.69, 9.17) is 0 Å². The van der Waals surface area contributed by atoms with Crippen molar-refractivity contribution in [1.82, 2.24) is 9.88 Å². The van der Waals surface area contributed by atoms with E-state index >= 15 is 0 Å². The van der Waals surface area contributed by atoms with Crippen LogP contribution in [0.15, 0.2) is 48.7 Å². The van der Waals surface area contributed by atoms with Crippen LogP contribution in [0.2, 0.25) is 0 Å². The van der Waals surface area contributed by atoms with Crippen molar-refractivity contribution in [3.63, 3.8) is 0 Å². The monoisotopic (exact) mass is 283 g/mol. The van der Waals surface area contributed by atoms with E-state index in [-0.39, 0.29) is 11.9 Å². The Labute approximate surface area is 125 Å². The molecule has 1 heterocycles. The average Bonchev–Trinajstić information content (AvgIpc) is 2.53. The van der Waals surface area contributed by atoms with Crippen molar-refractivity contribution in [2.24, 2.45) is 0 Å². The van der Waals surface area contributed by atoms with Crippen molar-refractivity contribution in [3.05, 3.63) is 59.9 Å². The number of rotatable bonds is 5. The van der Waals surface area contributed by atoms with Gasteiger partial charge in [0.15, 0.2) is 0 Å². The van der Waals surface area contributed by atoms with Gasteiger partial charge in [0.25, 0.3) is 5.91 Å². The molecule has 0 bridgehead atoms. The van der Waals surface area contributed by atoms with E-state index in [9.17, 15) is 4.79 Å². The summed E-state index contributed by atoms with van der Waals surface area (Å²) in [6, 6.07) is 14.2. The van der Waals surface area contributed by atoms with Crippen molar-refractivity contribution in [3.8, 4) is 0 Å². The Balaban J connectivity index is 2.19. The largest absolute Gasteiger partial charge is 0.378 e. The number of nitrogens with zero attached hydrogens (tertiary/aromatic N) is 2. The maximum atomic E-state index is 12.0. The third-order valence-electron chi connectivity index (χ3n) is 3.34. The zero-order valence-corrected chi connectivity index (χ0v) is 12.7. The molecule has 0 saturated heterocycles. The van der Waals surface area contributed by atoms with Crippen LogP contribution in [0.1, 0.15) is 35.4 Å². The Kier molecular flexibility index (Phi) is 4.93. The van der Waals surface area contributed by atoms with Gasteiger partial charge in [0.1, 0.15) is 5.69 Å². The molecular weight excluding hydrogens is 262 g/mol. The van der Waals surface area contributed by atoms with Gasteiger partial charge in [-0.05, 0) is 24.1 Å². The third kappa shape index (κ3) is 3.81. The summed E-state index contributed by atoms with van der Waals surface area (Å²) in [5, 5.41) is 3.47. The number of pyridine rings is 1. The van der Waals surface area contributed by atoms with E-state index in [0.717, 1.165) is 12.1 Å². The summed E-state index contributed by atoms with van der Waals surface area (Å²) in [7, 11) is 3.45. The fourth-order valence-corrected chi connectivity index (χ4v) is 2.17. The van der Waals surface area contributed by atoms with Crippen LogP contribution in [0.3, 0.4) is 0 Å². The predicted molar refractivity (Wildman–Crippen MR) is 85.4 cm³/mol. The van der Waals surface area contributed by atoms with Crippen LogP contribution >= 0.6 is 0 Å². The second kappa shape index (κ2) is 6.88. The predicted octanol–water partition coefficient (Wildman–Crippen LogP) is 3.35. The molecule has 110 valence electrons. The van der Waals surface area contributed by atoms with E-state index in [1.54, 1.807) is 26.4 Å². The van der Waals surface area contributed by atoms with Crippen LogP contribution in [-0.2, 0) is 0 Å². The average molecular weight is 283 g/mol. The van der Waals surface area contributed by atoms with Crippen LogP contribution < -0.4 is 5.32 Å². The second-order valence-electron chi connectivity index (χ2n) is 5.15. The first-order valence-electron chi connectivity index (χ1n) is 7.11. The molecule has 1 amide bonds. The Morgan fingerprint density at radius 2 is 1.95 bits per heavy atom. The SMILES string of the molecule is CCC(Nc1ccnc(C(=O)N(C)C)c1)c1ccccc1. The van der Waals surface area contributed by atoms with Crippen LogP contribution in [-0.4, -0.2) is 29.9 Å². The van der Waals surface area contributed by atoms with Crippen molar-refractivity contribution < 1.29 is 4.79 Å². The first kappa shape index (κ1) is 15.0. The normalized spacial score (nSPS) is 11.8. The Morgan fingerprint density at radius 3 is 2.57 bits per heavy atom. The van der Waals surface area contributed by atoms with Gasteiger partial charge in [-0.25, -0.2) is 0 Å². The van der Waals surface area contributed by atoms with Gasteiger partial charge < -0.3 is 10.2 Å². The Morgan fingerprint density at radius 1 is 1.24 bits per heavy atom. The molecule has 2 rings (SSSR count). The minimum Gasteiger partial charge on any atom is -0.378 e. The minimum atomic E-state index is -0.0913. The summed E-state index contributed by atoms with van der Waals surface area (Å²) in [5.41, 5.74) is 2.59. The molecule has 0 saturated carbocycles. The van der Waals surface area contributed by atoms with Crippen molar-refractivity contribution in [2.45, 2.75) is 19.4 Å². The molecule has 1 aromatic carbocycles. The van der Waals surface area contributed by atoms with Crippen LogP contribution in [0.4, 0.5) is 5.69 Å². The summed E-state index contributed by atoms with van der Waals surface area (Å²) in [6.45, 7) is 2.14. The molecule has 0 aliphatic rings. The van der Waals surface area contributed by atoms with E-state index in [1.807, 2.05) is 24.3 Å². The summed E-state index contributed by atoms with van der Waals surface area (Å²) >= 11 is 0. The van der Waals surface area contributed by atoms with Gasteiger partial charge in [0.2, 0.25) is 0 Å². The number of amides is 1. The molecule has 0 aliphatic carbocycles. The maximum absolute atomic E-state index is 12.0. The molecule has 21 heavy (non-hydrogen) atoms. The summed E-state index contributed by atoms with van der Waals surface area (Å²) < 4.78 is 0. The highest BCUT2D eigenvalue weighted by molar-refractivity contribution is 5.92. The highest BCUT2D eigenvalue weighted by atomic mass is 16.2. The van der Waals surface area contributed by atoms with E-state index in [0.29, 0.717) is 5.69 Å². The second-order valence-corrected chi connectivity index (χ2v) is 5.15. The number of hydrogen-bond donors (Lipinski definition) is 1. The lowest BCUT2D eigenvalue weighted by atomic mass is 10.0. The maximum Gasteiger partial charge on any atom is 0.272 e. The lowest BCUT2D eigenvalue weighted by molar-refractivity contribution is 0.0822. The Hall–Kier alpha value is -2.36. The summed E-state index contributed by atoms with van der Waals surface area (Å²) in [6.07, 6.45) is 2.63. The lowest BCUT2D eigenvalue weighted by Gasteiger charge is -2.19. The smallest absolute Gasteiger partial charge is 0.272 e. The number of carbonyl (C=O) groups is 1. The lowest BCUT2D eigenvalue weighted by Crippen LogP contribution is -2.23. The van der Waals surface area contributed by atoms with Gasteiger partial charge >= 0.3 is 0 Å². The number of nitrogens with one attached hydrogen (secondary N) is 1. The molecular formula is C17H21N3O. The molecule has 0 aliphatic heterocycles. The molecule has 1 N–H and O–H groups in total. The van der Waals surface area contributed by atoms with Gasteiger partial charge in [-0.2, -0.15) is 0 Å². The molecule has 1 atom stereocenters. The molecule has 4 nitrogen and oxygen atoms in total. The topological polar surface area (TPSA) is 45.2 Å². The summed E-state index contributed by atoms with van der Waals surface area (Å²) in [4.78, 5) is 17.6. The number of aromatic nitrogens is 1. The van der Waals surface area contributed by atoms with Crippen LogP contribution in [0, 0.1) is 0 Å². The molecule has 2 aromatic rings. The highest BCUT2D eigenvalue weighted by Crippen LogP contribution is 2.22. The zero-order valence-electron chi connectivity index (χ0n) is 12.7. The molecule has 4 heteroatoms. The van der Waals surface area contributed by atoms with Gasteiger partial charge in [-0.15, -0.1) is 0 Å². The van der Waals surface area contributed by atoms with Crippen molar-refractivity contribution in [2.75, 3.05) is 19.4 Å². The van der Waals surface area contributed by atoms with Gasteiger partial charge in [-0.1, -0.05) is 37.3 Å². The molecule has 0 radical (unpaired) electrons. The van der Waals surface area contributed by atoms with Gasteiger partial charge in [-0.3, -0.25) is 9.78 Å². The number of anilines is 1. The molecule has 0 spiro atoms. The molecule has 0 fully saturated rings. The van der Waals surface area contributed by atoms with E-state index in [2.05, 4.69) is 29.4 Å². The number of hydrogen-bond acceptors (Lipinski definition) is 3. The number of benzene rings is 1. The first-order valence-corrected chi connectivity index (χ1v) is 7.11. The minimum absolute atomic E-state index is 0.0913. The highest BCUT2D eigenvalue weighted by Gasteiger charge is 2.12. The Bertz CT molecular complexity index is 596.